The number of hydrogen-bond acceptors (Lipinski definition) is 7. The first-order valence-corrected chi connectivity index (χ1v) is 8.45. The number of aryl methyl sites for hydroxylation is 1. The number of esters is 1. The summed E-state index contributed by atoms with van der Waals surface area (Å²) in [4.78, 5) is 34.1. The lowest BCUT2D eigenvalue weighted by atomic mass is 10.1. The molecule has 0 saturated carbocycles. The number of benzene rings is 2. The van der Waals surface area contributed by atoms with Crippen LogP contribution in [0.25, 0.3) is 6.08 Å². The van der Waals surface area contributed by atoms with Crippen molar-refractivity contribution in [3.63, 3.8) is 0 Å². The summed E-state index contributed by atoms with van der Waals surface area (Å²) in [5.41, 5.74) is 1.39. The monoisotopic (exact) mass is 400 g/mol. The average Bonchev–Trinajstić information content (AvgIpc) is 2.71. The third-order valence-corrected chi connectivity index (χ3v) is 3.89. The maximum Gasteiger partial charge on any atom is 0.331 e. The SMILES string of the molecule is COc1ccc(/C=C/C(=O)OCC(=O)Nc2cc([N+](=O)[O-])ccc2C)c(OC)c1. The summed E-state index contributed by atoms with van der Waals surface area (Å²) in [5.74, 6) is -0.229. The summed E-state index contributed by atoms with van der Waals surface area (Å²) in [6.45, 7) is 1.15. The van der Waals surface area contributed by atoms with Gasteiger partial charge < -0.3 is 19.5 Å². The number of carbonyl (C=O) groups is 2. The fourth-order valence-electron chi connectivity index (χ4n) is 2.34. The number of non-ortho nitro benzene ring substituents is 1. The first-order valence-electron chi connectivity index (χ1n) is 8.45. The minimum absolute atomic E-state index is 0.153. The van der Waals surface area contributed by atoms with Crippen molar-refractivity contribution in [2.24, 2.45) is 0 Å². The second-order valence-corrected chi connectivity index (χ2v) is 5.85. The molecule has 0 unspecified atom stereocenters. The van der Waals surface area contributed by atoms with Crippen LogP contribution in [0, 0.1) is 17.0 Å². The van der Waals surface area contributed by atoms with Gasteiger partial charge in [-0.25, -0.2) is 4.79 Å². The molecule has 0 aliphatic carbocycles. The number of amides is 1. The highest BCUT2D eigenvalue weighted by Crippen LogP contribution is 2.25. The van der Waals surface area contributed by atoms with E-state index in [2.05, 4.69) is 5.32 Å². The Morgan fingerprint density at radius 2 is 1.90 bits per heavy atom. The van der Waals surface area contributed by atoms with E-state index in [0.29, 0.717) is 22.6 Å². The van der Waals surface area contributed by atoms with E-state index in [1.807, 2.05) is 0 Å². The first-order chi connectivity index (χ1) is 13.8. The van der Waals surface area contributed by atoms with Crippen LogP contribution in [-0.2, 0) is 14.3 Å². The predicted octanol–water partition coefficient (Wildman–Crippen LogP) is 3.12. The van der Waals surface area contributed by atoms with Gasteiger partial charge in [-0.2, -0.15) is 0 Å². The fourth-order valence-corrected chi connectivity index (χ4v) is 2.34. The number of carbonyl (C=O) groups excluding carboxylic acids is 2. The number of ether oxygens (including phenoxy) is 3. The Bertz CT molecular complexity index is 954. The van der Waals surface area contributed by atoms with Crippen molar-refractivity contribution < 1.29 is 28.7 Å². The molecule has 0 aromatic heterocycles. The zero-order valence-corrected chi connectivity index (χ0v) is 16.1. The number of rotatable bonds is 8. The lowest BCUT2D eigenvalue weighted by molar-refractivity contribution is -0.384. The average molecular weight is 400 g/mol. The van der Waals surface area contributed by atoms with E-state index < -0.39 is 23.4 Å². The van der Waals surface area contributed by atoms with Crippen molar-refractivity contribution in [1.82, 2.24) is 0 Å². The molecule has 2 rings (SSSR count). The van der Waals surface area contributed by atoms with Crippen molar-refractivity contribution in [3.05, 3.63) is 63.7 Å². The van der Waals surface area contributed by atoms with Crippen LogP contribution in [0.3, 0.4) is 0 Å². The van der Waals surface area contributed by atoms with Crippen LogP contribution in [0.15, 0.2) is 42.5 Å². The molecule has 0 aliphatic rings. The van der Waals surface area contributed by atoms with Crippen molar-refractivity contribution in [1.29, 1.82) is 0 Å². The number of nitro groups is 1. The van der Waals surface area contributed by atoms with Crippen molar-refractivity contribution in [2.45, 2.75) is 6.92 Å². The Hall–Kier alpha value is -3.88. The molecule has 0 atom stereocenters. The van der Waals surface area contributed by atoms with E-state index in [1.165, 1.54) is 38.5 Å². The number of nitrogens with zero attached hydrogens (tertiary/aromatic N) is 1. The van der Waals surface area contributed by atoms with Gasteiger partial charge in [-0.3, -0.25) is 14.9 Å². The molecule has 9 heteroatoms. The van der Waals surface area contributed by atoms with Crippen LogP contribution in [0.1, 0.15) is 11.1 Å². The number of nitro benzene ring substituents is 1. The summed E-state index contributed by atoms with van der Waals surface area (Å²) < 4.78 is 15.2. The fraction of sp³-hybridized carbons (Fsp3) is 0.200. The van der Waals surface area contributed by atoms with E-state index in [-0.39, 0.29) is 11.4 Å². The van der Waals surface area contributed by atoms with Crippen LogP contribution in [0.4, 0.5) is 11.4 Å². The highest BCUT2D eigenvalue weighted by atomic mass is 16.6. The van der Waals surface area contributed by atoms with E-state index >= 15 is 0 Å². The molecule has 0 fully saturated rings. The second-order valence-electron chi connectivity index (χ2n) is 5.85. The van der Waals surface area contributed by atoms with Gasteiger partial charge in [0.1, 0.15) is 11.5 Å². The maximum absolute atomic E-state index is 12.0. The minimum atomic E-state index is -0.728. The van der Waals surface area contributed by atoms with E-state index in [4.69, 9.17) is 14.2 Å². The van der Waals surface area contributed by atoms with Gasteiger partial charge in [0.15, 0.2) is 6.61 Å². The van der Waals surface area contributed by atoms with Gasteiger partial charge in [0.25, 0.3) is 11.6 Å². The normalized spacial score (nSPS) is 10.4. The Labute approximate surface area is 167 Å². The molecule has 2 aromatic carbocycles. The lowest BCUT2D eigenvalue weighted by Crippen LogP contribution is -2.20. The van der Waals surface area contributed by atoms with Gasteiger partial charge in [-0.15, -0.1) is 0 Å². The molecular formula is C20H20N2O7. The van der Waals surface area contributed by atoms with Gasteiger partial charge in [-0.1, -0.05) is 6.07 Å². The van der Waals surface area contributed by atoms with Gasteiger partial charge in [-0.05, 0) is 30.7 Å². The summed E-state index contributed by atoms with van der Waals surface area (Å²) in [7, 11) is 3.02. The highest BCUT2D eigenvalue weighted by molar-refractivity contribution is 5.95. The highest BCUT2D eigenvalue weighted by Gasteiger charge is 2.12. The quantitative estimate of drug-likeness (QED) is 0.313. The van der Waals surface area contributed by atoms with E-state index in [1.54, 1.807) is 25.1 Å². The van der Waals surface area contributed by atoms with Crippen molar-refractivity contribution in [2.75, 3.05) is 26.1 Å². The zero-order chi connectivity index (χ0) is 21.4. The van der Waals surface area contributed by atoms with Crippen LogP contribution in [0.2, 0.25) is 0 Å². The van der Waals surface area contributed by atoms with E-state index in [0.717, 1.165) is 6.08 Å². The molecular weight excluding hydrogens is 380 g/mol. The Morgan fingerprint density at radius 3 is 2.55 bits per heavy atom. The summed E-state index contributed by atoms with van der Waals surface area (Å²) >= 11 is 0. The number of hydrogen-bond donors (Lipinski definition) is 1. The Kier molecular flexibility index (Phi) is 7.30. The molecule has 29 heavy (non-hydrogen) atoms. The number of nitrogens with one attached hydrogen (secondary N) is 1. The summed E-state index contributed by atoms with van der Waals surface area (Å²) in [6, 6.07) is 9.18. The standard InChI is InChI=1S/C20H20N2O7/c1-13-4-7-15(22(25)26)10-17(13)21-19(23)12-29-20(24)9-6-14-5-8-16(27-2)11-18(14)28-3/h4-11H,12H2,1-3H3,(H,21,23)/b9-6+. The predicted molar refractivity (Wildman–Crippen MR) is 106 cm³/mol. The number of anilines is 1. The molecule has 2 aromatic rings. The molecule has 9 nitrogen and oxygen atoms in total. The van der Waals surface area contributed by atoms with Crippen LogP contribution < -0.4 is 14.8 Å². The maximum atomic E-state index is 12.0. The second kappa shape index (κ2) is 9.88. The van der Waals surface area contributed by atoms with Crippen LogP contribution >= 0.6 is 0 Å². The molecule has 152 valence electrons. The summed E-state index contributed by atoms with van der Waals surface area (Å²) in [5, 5.41) is 13.3. The largest absolute Gasteiger partial charge is 0.497 e. The van der Waals surface area contributed by atoms with Gasteiger partial charge >= 0.3 is 5.97 Å². The van der Waals surface area contributed by atoms with Crippen LogP contribution in [-0.4, -0.2) is 37.6 Å². The van der Waals surface area contributed by atoms with Crippen molar-refractivity contribution >= 4 is 29.3 Å². The molecule has 0 heterocycles. The third-order valence-electron chi connectivity index (χ3n) is 3.89. The first kappa shape index (κ1) is 21.4. The Balaban J connectivity index is 1.94. The minimum Gasteiger partial charge on any atom is -0.497 e. The number of methoxy groups -OCH3 is 2. The van der Waals surface area contributed by atoms with E-state index in [9.17, 15) is 19.7 Å². The molecule has 0 radical (unpaired) electrons. The molecule has 0 spiro atoms. The summed E-state index contributed by atoms with van der Waals surface area (Å²) in [6.07, 6.45) is 2.65. The topological polar surface area (TPSA) is 117 Å². The van der Waals surface area contributed by atoms with Crippen LogP contribution in [0.5, 0.6) is 11.5 Å². The molecule has 0 aliphatic heterocycles. The van der Waals surface area contributed by atoms with Crippen molar-refractivity contribution in [3.8, 4) is 11.5 Å². The Morgan fingerprint density at radius 1 is 1.14 bits per heavy atom. The molecule has 1 N–H and O–H groups in total. The molecule has 1 amide bonds. The molecule has 0 bridgehead atoms. The lowest BCUT2D eigenvalue weighted by Gasteiger charge is -2.08. The van der Waals surface area contributed by atoms with Gasteiger partial charge in [0.2, 0.25) is 0 Å². The third kappa shape index (κ3) is 6.06. The smallest absolute Gasteiger partial charge is 0.331 e. The van der Waals surface area contributed by atoms with Gasteiger partial charge in [0.05, 0.1) is 24.8 Å². The zero-order valence-electron chi connectivity index (χ0n) is 16.1. The molecule has 0 saturated heterocycles. The van der Waals surface area contributed by atoms with Gasteiger partial charge in [0, 0.05) is 29.8 Å².